The van der Waals surface area contributed by atoms with Crippen molar-refractivity contribution in [2.45, 2.75) is 6.42 Å². The van der Waals surface area contributed by atoms with Crippen LogP contribution in [0.3, 0.4) is 0 Å². The molecule has 2 aromatic carbocycles. The molecule has 98 valence electrons. The van der Waals surface area contributed by atoms with E-state index < -0.39 is 0 Å². The summed E-state index contributed by atoms with van der Waals surface area (Å²) in [5, 5.41) is 1.75. The smallest absolute Gasteiger partial charge is 0.124 e. The molecule has 0 aromatic heterocycles. The fourth-order valence-electron chi connectivity index (χ4n) is 1.75. The highest BCUT2D eigenvalue weighted by molar-refractivity contribution is 6.45. The molecule has 0 heterocycles. The summed E-state index contributed by atoms with van der Waals surface area (Å²) in [5.41, 5.74) is 2.24. The third kappa shape index (κ3) is 3.24. The molecule has 0 bridgehead atoms. The molecule has 0 aliphatic rings. The highest BCUT2D eigenvalue weighted by Crippen LogP contribution is 2.39. The summed E-state index contributed by atoms with van der Waals surface area (Å²) in [6.07, 6.45) is 1.15. The third-order valence-electron chi connectivity index (χ3n) is 2.64. The lowest BCUT2D eigenvalue weighted by atomic mass is 10.0. The van der Waals surface area contributed by atoms with E-state index in [-0.39, 0.29) is 0 Å². The van der Waals surface area contributed by atoms with Crippen molar-refractivity contribution in [1.82, 2.24) is 0 Å². The number of benzene rings is 2. The van der Waals surface area contributed by atoms with Crippen molar-refractivity contribution in [2.24, 2.45) is 0 Å². The van der Waals surface area contributed by atoms with Crippen LogP contribution in [0, 0.1) is 0 Å². The minimum absolute atomic E-state index is 0.323. The lowest BCUT2D eigenvalue weighted by molar-refractivity contribution is -0.107. The molecule has 0 aliphatic heterocycles. The molecule has 1 nitrogen and oxygen atoms in total. The quantitative estimate of drug-likeness (QED) is 0.519. The van der Waals surface area contributed by atoms with Gasteiger partial charge in [-0.2, -0.15) is 0 Å². The summed E-state index contributed by atoms with van der Waals surface area (Å²) in [5.74, 6) is 0. The minimum Gasteiger partial charge on any atom is -0.303 e. The highest BCUT2D eigenvalue weighted by atomic mass is 35.5. The second kappa shape index (κ2) is 6.15. The monoisotopic (exact) mass is 332 g/mol. The van der Waals surface area contributed by atoms with Crippen molar-refractivity contribution in [1.29, 1.82) is 0 Å². The van der Waals surface area contributed by atoms with E-state index in [4.69, 9.17) is 46.4 Å². The Hall–Kier alpha value is -0.730. The highest BCUT2D eigenvalue weighted by Gasteiger charge is 2.12. The molecule has 0 spiro atoms. The molecule has 0 N–H and O–H groups in total. The Kier molecular flexibility index (Phi) is 4.75. The van der Waals surface area contributed by atoms with Crippen LogP contribution < -0.4 is 0 Å². The third-order valence-corrected chi connectivity index (χ3v) is 3.97. The van der Waals surface area contributed by atoms with E-state index in [1.54, 1.807) is 24.3 Å². The predicted molar refractivity (Wildman–Crippen MR) is 81.7 cm³/mol. The molecule has 19 heavy (non-hydrogen) atoms. The molecule has 0 radical (unpaired) electrons. The maximum absolute atomic E-state index is 10.5. The molecule has 0 atom stereocenters. The van der Waals surface area contributed by atoms with Crippen LogP contribution in [-0.2, 0) is 11.2 Å². The number of hydrogen-bond acceptors (Lipinski definition) is 1. The van der Waals surface area contributed by atoms with Crippen molar-refractivity contribution in [3.8, 4) is 11.1 Å². The molecule has 5 heteroatoms. The van der Waals surface area contributed by atoms with E-state index in [9.17, 15) is 4.79 Å². The van der Waals surface area contributed by atoms with E-state index in [2.05, 4.69) is 0 Å². The molecular formula is C14H8Cl4O. The summed E-state index contributed by atoms with van der Waals surface area (Å²) in [7, 11) is 0. The number of carbonyl (C=O) groups is 1. The zero-order valence-corrected chi connectivity index (χ0v) is 12.6. The molecule has 0 fully saturated rings. The van der Waals surface area contributed by atoms with Gasteiger partial charge in [0.25, 0.3) is 0 Å². The average molecular weight is 334 g/mol. The molecule has 0 amide bonds. The average Bonchev–Trinajstić information content (AvgIpc) is 2.35. The number of aldehydes is 1. The van der Waals surface area contributed by atoms with E-state index in [0.29, 0.717) is 32.1 Å². The summed E-state index contributed by atoms with van der Waals surface area (Å²) >= 11 is 24.4. The van der Waals surface area contributed by atoms with E-state index >= 15 is 0 Å². The fraction of sp³-hybridized carbons (Fsp3) is 0.0714. The molecule has 2 aromatic rings. The maximum Gasteiger partial charge on any atom is 0.124 e. The van der Waals surface area contributed by atoms with Crippen molar-refractivity contribution in [2.75, 3.05) is 0 Å². The number of rotatable bonds is 3. The van der Waals surface area contributed by atoms with Crippen LogP contribution >= 0.6 is 46.4 Å². The Morgan fingerprint density at radius 2 is 1.63 bits per heavy atom. The molecule has 0 saturated heterocycles. The van der Waals surface area contributed by atoms with E-state index in [1.165, 1.54) is 0 Å². The van der Waals surface area contributed by atoms with Crippen molar-refractivity contribution < 1.29 is 4.79 Å². The Morgan fingerprint density at radius 1 is 0.895 bits per heavy atom. The second-order valence-corrected chi connectivity index (χ2v) is 5.56. The minimum atomic E-state index is 0.323. The lowest BCUT2D eigenvalue weighted by Gasteiger charge is -2.10. The first-order chi connectivity index (χ1) is 9.02. The van der Waals surface area contributed by atoms with Gasteiger partial charge in [0.15, 0.2) is 0 Å². The number of hydrogen-bond donors (Lipinski definition) is 0. The molecule has 0 saturated carbocycles. The summed E-state index contributed by atoms with van der Waals surface area (Å²) in [4.78, 5) is 10.5. The van der Waals surface area contributed by atoms with Crippen LogP contribution in [0.2, 0.25) is 20.1 Å². The molecule has 2 rings (SSSR count). The molecular weight excluding hydrogens is 326 g/mol. The van der Waals surface area contributed by atoms with Crippen LogP contribution in [0.5, 0.6) is 0 Å². The topological polar surface area (TPSA) is 17.1 Å². The molecule has 0 aliphatic carbocycles. The normalized spacial score (nSPS) is 10.5. The molecule has 0 unspecified atom stereocenters. The predicted octanol–water partition coefficient (Wildman–Crippen LogP) is 5.71. The zero-order valence-electron chi connectivity index (χ0n) is 9.59. The Labute approximate surface area is 131 Å². The van der Waals surface area contributed by atoms with Gasteiger partial charge in [0.05, 0.1) is 10.0 Å². The second-order valence-electron chi connectivity index (χ2n) is 3.93. The van der Waals surface area contributed by atoms with E-state index in [1.807, 2.05) is 6.07 Å². The van der Waals surface area contributed by atoms with Gasteiger partial charge in [0, 0.05) is 27.6 Å². The van der Waals surface area contributed by atoms with Gasteiger partial charge in [-0.25, -0.2) is 0 Å². The van der Waals surface area contributed by atoms with Gasteiger partial charge in [-0.05, 0) is 23.8 Å². The van der Waals surface area contributed by atoms with Gasteiger partial charge in [-0.1, -0.05) is 58.5 Å². The first-order valence-electron chi connectivity index (χ1n) is 5.40. The van der Waals surface area contributed by atoms with Crippen LogP contribution in [-0.4, -0.2) is 6.29 Å². The largest absolute Gasteiger partial charge is 0.303 e. The van der Waals surface area contributed by atoms with Gasteiger partial charge >= 0.3 is 0 Å². The van der Waals surface area contributed by atoms with Crippen LogP contribution in [0.1, 0.15) is 5.56 Å². The van der Waals surface area contributed by atoms with Crippen LogP contribution in [0.25, 0.3) is 11.1 Å². The zero-order chi connectivity index (χ0) is 14.0. The van der Waals surface area contributed by atoms with Crippen LogP contribution in [0.4, 0.5) is 0 Å². The number of carbonyl (C=O) groups excluding carboxylic acids is 1. The first-order valence-corrected chi connectivity index (χ1v) is 6.91. The van der Waals surface area contributed by atoms with Crippen molar-refractivity contribution in [3.63, 3.8) is 0 Å². The van der Waals surface area contributed by atoms with E-state index in [0.717, 1.165) is 17.4 Å². The SMILES string of the molecule is O=CCc1ccc(-c2cc(Cl)cc(Cl)c2Cl)c(Cl)c1. The Bertz CT molecular complexity index is 638. The van der Waals surface area contributed by atoms with Gasteiger partial charge in [0.1, 0.15) is 6.29 Å². The lowest BCUT2D eigenvalue weighted by Crippen LogP contribution is -1.88. The van der Waals surface area contributed by atoms with Crippen molar-refractivity contribution in [3.05, 3.63) is 56.0 Å². The fourth-order valence-corrected chi connectivity index (χ4v) is 2.76. The first kappa shape index (κ1) is 14.7. The summed E-state index contributed by atoms with van der Waals surface area (Å²) in [6, 6.07) is 8.63. The maximum atomic E-state index is 10.5. The number of halogens is 4. The van der Waals surface area contributed by atoms with Crippen molar-refractivity contribution >= 4 is 52.7 Å². The van der Waals surface area contributed by atoms with Gasteiger partial charge in [-0.15, -0.1) is 0 Å². The Balaban J connectivity index is 2.56. The Morgan fingerprint density at radius 3 is 2.26 bits per heavy atom. The van der Waals surface area contributed by atoms with Gasteiger partial charge < -0.3 is 4.79 Å². The van der Waals surface area contributed by atoms with Gasteiger partial charge in [0.2, 0.25) is 0 Å². The standard InChI is InChI=1S/C14H8Cl4O/c15-9-6-11(14(18)13(17)7-9)10-2-1-8(3-4-19)5-12(10)16/h1-2,4-7H,3H2. The summed E-state index contributed by atoms with van der Waals surface area (Å²) < 4.78 is 0. The van der Waals surface area contributed by atoms with Gasteiger partial charge in [-0.3, -0.25) is 0 Å². The van der Waals surface area contributed by atoms with Crippen LogP contribution in [0.15, 0.2) is 30.3 Å². The summed E-state index contributed by atoms with van der Waals surface area (Å²) in [6.45, 7) is 0.